The van der Waals surface area contributed by atoms with Crippen LogP contribution in [-0.2, 0) is 6.42 Å². The van der Waals surface area contributed by atoms with Crippen molar-refractivity contribution in [2.75, 3.05) is 5.32 Å². The molecule has 0 radical (unpaired) electrons. The molecule has 1 N–H and O–H groups in total. The Morgan fingerprint density at radius 2 is 1.96 bits per heavy atom. The van der Waals surface area contributed by atoms with E-state index in [1.54, 1.807) is 0 Å². The number of nitrogens with one attached hydrogen (secondary N) is 1. The molecule has 27 heavy (non-hydrogen) atoms. The summed E-state index contributed by atoms with van der Waals surface area (Å²) in [4.78, 5) is 4.76. The number of nitrogens with zero attached hydrogens (tertiary/aromatic N) is 4. The third-order valence-corrected chi connectivity index (χ3v) is 5.67. The maximum atomic E-state index is 9.82. The second-order valence-corrected chi connectivity index (χ2v) is 7.34. The van der Waals surface area contributed by atoms with Crippen LogP contribution in [0.4, 0.5) is 5.82 Å². The van der Waals surface area contributed by atoms with Crippen LogP contribution in [0, 0.1) is 29.6 Å². The lowest BCUT2D eigenvalue weighted by molar-refractivity contribution is 0.461. The van der Waals surface area contributed by atoms with Crippen molar-refractivity contribution < 1.29 is 0 Å². The average Bonchev–Trinajstić information content (AvgIpc) is 3.08. The van der Waals surface area contributed by atoms with Gasteiger partial charge in [-0.3, -0.25) is 4.40 Å². The van der Waals surface area contributed by atoms with E-state index in [9.17, 15) is 5.26 Å². The number of hydrogen-bond donors (Lipinski definition) is 1. The van der Waals surface area contributed by atoms with Crippen molar-refractivity contribution in [1.29, 1.82) is 10.5 Å². The van der Waals surface area contributed by atoms with Crippen LogP contribution in [0.2, 0.25) is 0 Å². The number of anilines is 1. The Hall–Kier alpha value is -3.05. The molecule has 2 aromatic heterocycles. The van der Waals surface area contributed by atoms with Crippen molar-refractivity contribution in [3.8, 4) is 12.1 Å². The maximum absolute atomic E-state index is 9.82. The maximum Gasteiger partial charge on any atom is 0.157 e. The fourth-order valence-electron chi connectivity index (χ4n) is 4.26. The predicted octanol–water partition coefficient (Wildman–Crippen LogP) is 4.87. The van der Waals surface area contributed by atoms with E-state index >= 15 is 0 Å². The van der Waals surface area contributed by atoms with Gasteiger partial charge in [-0.05, 0) is 49.4 Å². The van der Waals surface area contributed by atoms with Crippen molar-refractivity contribution in [2.24, 2.45) is 0 Å². The minimum absolute atomic E-state index is 0.427. The normalized spacial score (nSPS) is 14.9. The van der Waals surface area contributed by atoms with Gasteiger partial charge < -0.3 is 5.32 Å². The minimum atomic E-state index is 0.427. The molecule has 1 aliphatic rings. The van der Waals surface area contributed by atoms with E-state index in [1.807, 2.05) is 31.2 Å². The molecule has 5 nitrogen and oxygen atoms in total. The first-order valence-electron chi connectivity index (χ1n) is 9.70. The lowest BCUT2D eigenvalue weighted by Crippen LogP contribution is -2.25. The standard InChI is InChI=1S/C22H23N5/c1-15-17(10-7-13-23)21(25-16-8-3-2-4-9-16)27-20-12-6-5-11-19(20)26-22(27)18(15)14-24/h5-6,11-12,16,25H,2-4,7-10H2,1H3. The van der Waals surface area contributed by atoms with Gasteiger partial charge in [-0.1, -0.05) is 31.4 Å². The zero-order valence-corrected chi connectivity index (χ0v) is 15.6. The molecule has 0 saturated heterocycles. The average molecular weight is 357 g/mol. The summed E-state index contributed by atoms with van der Waals surface area (Å²) >= 11 is 0. The first-order chi connectivity index (χ1) is 13.2. The van der Waals surface area contributed by atoms with Crippen molar-refractivity contribution in [1.82, 2.24) is 9.38 Å². The van der Waals surface area contributed by atoms with E-state index in [4.69, 9.17) is 10.2 Å². The number of aromatic nitrogens is 2. The predicted molar refractivity (Wildman–Crippen MR) is 107 cm³/mol. The van der Waals surface area contributed by atoms with Gasteiger partial charge in [0.25, 0.3) is 0 Å². The monoisotopic (exact) mass is 357 g/mol. The van der Waals surface area contributed by atoms with Gasteiger partial charge in [-0.25, -0.2) is 4.98 Å². The van der Waals surface area contributed by atoms with Gasteiger partial charge in [0, 0.05) is 12.5 Å². The largest absolute Gasteiger partial charge is 0.368 e. The lowest BCUT2D eigenvalue weighted by atomic mass is 9.94. The van der Waals surface area contributed by atoms with Gasteiger partial charge in [0.1, 0.15) is 11.9 Å². The second-order valence-electron chi connectivity index (χ2n) is 7.34. The number of rotatable bonds is 4. The van der Waals surface area contributed by atoms with E-state index < -0.39 is 0 Å². The van der Waals surface area contributed by atoms with Gasteiger partial charge in [-0.2, -0.15) is 10.5 Å². The zero-order chi connectivity index (χ0) is 18.8. The van der Waals surface area contributed by atoms with Gasteiger partial charge in [0.15, 0.2) is 5.65 Å². The number of para-hydroxylation sites is 2. The third kappa shape index (κ3) is 3.00. The first-order valence-corrected chi connectivity index (χ1v) is 9.70. The Kier molecular flexibility index (Phi) is 4.69. The van der Waals surface area contributed by atoms with E-state index in [-0.39, 0.29) is 0 Å². The van der Waals surface area contributed by atoms with Gasteiger partial charge in [-0.15, -0.1) is 0 Å². The van der Waals surface area contributed by atoms with E-state index in [2.05, 4.69) is 21.9 Å². The summed E-state index contributed by atoms with van der Waals surface area (Å²) in [5.41, 5.74) is 5.20. The minimum Gasteiger partial charge on any atom is -0.368 e. The highest BCUT2D eigenvalue weighted by Crippen LogP contribution is 2.33. The van der Waals surface area contributed by atoms with Crippen LogP contribution in [-0.4, -0.2) is 15.4 Å². The number of hydrogen-bond acceptors (Lipinski definition) is 4. The molecule has 0 amide bonds. The van der Waals surface area contributed by atoms with Crippen LogP contribution in [0.5, 0.6) is 0 Å². The van der Waals surface area contributed by atoms with Crippen LogP contribution >= 0.6 is 0 Å². The first kappa shape index (κ1) is 17.4. The number of pyridine rings is 1. The second kappa shape index (κ2) is 7.29. The molecule has 136 valence electrons. The molecule has 5 heteroatoms. The number of fused-ring (bicyclic) bond motifs is 3. The highest BCUT2D eigenvalue weighted by atomic mass is 15.1. The summed E-state index contributed by atoms with van der Waals surface area (Å²) < 4.78 is 2.10. The summed E-state index contributed by atoms with van der Waals surface area (Å²) in [6, 6.07) is 13.0. The number of nitriles is 2. The molecule has 1 aromatic carbocycles. The van der Waals surface area contributed by atoms with Crippen LogP contribution in [0.1, 0.15) is 55.2 Å². The summed E-state index contributed by atoms with van der Waals surface area (Å²) in [7, 11) is 0. The van der Waals surface area contributed by atoms with E-state index in [0.717, 1.165) is 40.8 Å². The molecule has 0 unspecified atom stereocenters. The molecule has 2 heterocycles. The number of benzene rings is 1. The smallest absolute Gasteiger partial charge is 0.157 e. The molecule has 0 bridgehead atoms. The van der Waals surface area contributed by atoms with Crippen molar-refractivity contribution in [2.45, 2.75) is 57.9 Å². The zero-order valence-electron chi connectivity index (χ0n) is 15.6. The van der Waals surface area contributed by atoms with Crippen LogP contribution in [0.15, 0.2) is 24.3 Å². The quantitative estimate of drug-likeness (QED) is 0.723. The molecule has 4 rings (SSSR count). The Bertz CT molecular complexity index is 1070. The van der Waals surface area contributed by atoms with Crippen molar-refractivity contribution in [3.05, 3.63) is 41.0 Å². The molecule has 0 atom stereocenters. The van der Waals surface area contributed by atoms with Crippen molar-refractivity contribution in [3.63, 3.8) is 0 Å². The molecule has 1 aliphatic carbocycles. The lowest BCUT2D eigenvalue weighted by Gasteiger charge is -2.27. The topological polar surface area (TPSA) is 76.9 Å². The molecule has 1 saturated carbocycles. The van der Waals surface area contributed by atoms with Crippen molar-refractivity contribution >= 4 is 22.5 Å². The van der Waals surface area contributed by atoms with Crippen LogP contribution in [0.25, 0.3) is 16.7 Å². The highest BCUT2D eigenvalue weighted by molar-refractivity contribution is 5.86. The summed E-state index contributed by atoms with van der Waals surface area (Å²) in [6.45, 7) is 1.98. The third-order valence-electron chi connectivity index (χ3n) is 5.67. The fraction of sp³-hybridized carbons (Fsp3) is 0.409. The molecule has 0 aliphatic heterocycles. The Labute approximate surface area is 159 Å². The Morgan fingerprint density at radius 3 is 2.70 bits per heavy atom. The number of imidazole rings is 1. The van der Waals surface area contributed by atoms with E-state index in [0.29, 0.717) is 30.1 Å². The molecular weight excluding hydrogens is 334 g/mol. The molecule has 3 aromatic rings. The summed E-state index contributed by atoms with van der Waals surface area (Å²) in [6.07, 6.45) is 7.17. The Morgan fingerprint density at radius 1 is 1.19 bits per heavy atom. The molecular formula is C22H23N5. The van der Waals surface area contributed by atoms with Crippen LogP contribution in [0.3, 0.4) is 0 Å². The SMILES string of the molecule is Cc1c(CCC#N)c(NC2CCCCC2)n2c(nc3ccccc32)c1C#N. The summed E-state index contributed by atoms with van der Waals surface area (Å²) in [5.74, 6) is 1.01. The Balaban J connectivity index is 2.00. The fourth-order valence-corrected chi connectivity index (χ4v) is 4.26. The highest BCUT2D eigenvalue weighted by Gasteiger charge is 2.23. The molecule has 1 fully saturated rings. The molecule has 0 spiro atoms. The van der Waals surface area contributed by atoms with E-state index in [1.165, 1.54) is 19.3 Å². The van der Waals surface area contributed by atoms with Crippen LogP contribution < -0.4 is 5.32 Å². The van der Waals surface area contributed by atoms with Gasteiger partial charge in [0.05, 0.1) is 22.7 Å². The van der Waals surface area contributed by atoms with Gasteiger partial charge >= 0.3 is 0 Å². The van der Waals surface area contributed by atoms with Gasteiger partial charge in [0.2, 0.25) is 0 Å². The summed E-state index contributed by atoms with van der Waals surface area (Å²) in [5, 5.41) is 22.7.